The molecule has 102 valence electrons. The maximum absolute atomic E-state index is 8.63. The third-order valence-electron chi connectivity index (χ3n) is 2.64. The molecule has 0 aromatic heterocycles. The van der Waals surface area contributed by atoms with Gasteiger partial charge >= 0.3 is 0 Å². The lowest BCUT2D eigenvalue weighted by molar-refractivity contribution is 0.475. The van der Waals surface area contributed by atoms with Crippen LogP contribution in [0.3, 0.4) is 0 Å². The van der Waals surface area contributed by atoms with Crippen molar-refractivity contribution in [2.45, 2.75) is 0 Å². The second-order valence-corrected chi connectivity index (χ2v) is 4.07. The number of hydrogen-bond donors (Lipinski definition) is 1. The van der Waals surface area contributed by atoms with Crippen molar-refractivity contribution in [1.29, 1.82) is 0 Å². The number of phenolic OH excluding ortho intramolecular Hbond substituents is 1. The van der Waals surface area contributed by atoms with Crippen LogP contribution >= 0.6 is 24.0 Å². The third kappa shape index (κ3) is 5.45. The number of benzene rings is 3. The van der Waals surface area contributed by atoms with Crippen LogP contribution in [0.2, 0.25) is 0 Å². The number of halogens is 1. The van der Waals surface area contributed by atoms with E-state index in [0.29, 0.717) is 5.75 Å². The molecule has 0 atom stereocenters. The van der Waals surface area contributed by atoms with Gasteiger partial charge in [0.05, 0.1) is 0 Å². The molecule has 0 heterocycles. The quantitative estimate of drug-likeness (QED) is 0.567. The highest BCUT2D eigenvalue weighted by atomic mass is 127. The molecule has 0 radical (unpaired) electrons. The van der Waals surface area contributed by atoms with Gasteiger partial charge in [0.15, 0.2) is 0 Å². The van der Waals surface area contributed by atoms with Crippen LogP contribution in [-0.4, -0.2) is 5.11 Å². The van der Waals surface area contributed by atoms with Crippen molar-refractivity contribution < 1.29 is 5.11 Å². The van der Waals surface area contributed by atoms with Gasteiger partial charge in [0.1, 0.15) is 5.75 Å². The Morgan fingerprint density at radius 2 is 0.750 bits per heavy atom. The van der Waals surface area contributed by atoms with Crippen molar-refractivity contribution in [3.05, 3.63) is 91.0 Å². The van der Waals surface area contributed by atoms with Crippen LogP contribution in [0, 0.1) is 0 Å². The summed E-state index contributed by atoms with van der Waals surface area (Å²) in [4.78, 5) is 0. The van der Waals surface area contributed by atoms with Crippen LogP contribution in [0.25, 0.3) is 11.1 Å². The summed E-state index contributed by atoms with van der Waals surface area (Å²) in [6, 6.07) is 29.5. The number of phenols is 1. The first-order valence-electron chi connectivity index (χ1n) is 6.21. The van der Waals surface area contributed by atoms with E-state index in [2.05, 4.69) is 48.5 Å². The Morgan fingerprint density at radius 3 is 1.00 bits per heavy atom. The van der Waals surface area contributed by atoms with Crippen LogP contribution in [0.5, 0.6) is 5.75 Å². The number of aromatic hydroxyl groups is 1. The summed E-state index contributed by atoms with van der Waals surface area (Å²) in [6.07, 6.45) is 0. The lowest BCUT2D eigenvalue weighted by Gasteiger charge is -1.98. The first-order valence-corrected chi connectivity index (χ1v) is 6.21. The van der Waals surface area contributed by atoms with Crippen LogP contribution < -0.4 is 0 Å². The normalized spacial score (nSPS) is 8.80. The van der Waals surface area contributed by atoms with Crippen LogP contribution in [0.1, 0.15) is 0 Å². The average molecular weight is 376 g/mol. The van der Waals surface area contributed by atoms with Crippen molar-refractivity contribution in [3.63, 3.8) is 0 Å². The van der Waals surface area contributed by atoms with E-state index in [1.54, 1.807) is 24.3 Å². The fraction of sp³-hybridized carbons (Fsp3) is 0. The summed E-state index contributed by atoms with van der Waals surface area (Å²) >= 11 is 0. The van der Waals surface area contributed by atoms with Crippen molar-refractivity contribution in [2.75, 3.05) is 0 Å². The van der Waals surface area contributed by atoms with E-state index in [-0.39, 0.29) is 24.0 Å². The zero-order valence-corrected chi connectivity index (χ0v) is 13.3. The molecule has 0 saturated carbocycles. The minimum absolute atomic E-state index is 0. The van der Waals surface area contributed by atoms with E-state index in [1.165, 1.54) is 11.1 Å². The topological polar surface area (TPSA) is 20.2 Å². The van der Waals surface area contributed by atoms with Gasteiger partial charge < -0.3 is 5.11 Å². The third-order valence-corrected chi connectivity index (χ3v) is 2.64. The average Bonchev–Trinajstić information content (AvgIpc) is 2.51. The highest BCUT2D eigenvalue weighted by Gasteiger charge is 1.91. The molecule has 0 bridgehead atoms. The molecule has 0 saturated heterocycles. The van der Waals surface area contributed by atoms with Gasteiger partial charge in [-0.1, -0.05) is 78.9 Å². The van der Waals surface area contributed by atoms with Crippen LogP contribution in [0.4, 0.5) is 0 Å². The molecule has 3 aromatic rings. The van der Waals surface area contributed by atoms with E-state index in [0.717, 1.165) is 0 Å². The first-order chi connectivity index (χ1) is 9.36. The summed E-state index contributed by atoms with van der Waals surface area (Å²) in [5.74, 6) is 0.322. The summed E-state index contributed by atoms with van der Waals surface area (Å²) in [5, 5.41) is 8.63. The molecule has 20 heavy (non-hydrogen) atoms. The fourth-order valence-corrected chi connectivity index (χ4v) is 1.69. The molecule has 1 nitrogen and oxygen atoms in total. The summed E-state index contributed by atoms with van der Waals surface area (Å²) < 4.78 is 0. The fourth-order valence-electron chi connectivity index (χ4n) is 1.69. The Bertz CT molecular complexity index is 542. The zero-order chi connectivity index (χ0) is 13.3. The highest BCUT2D eigenvalue weighted by molar-refractivity contribution is 14.0. The molecular formula is C18H17IO. The molecule has 0 fully saturated rings. The molecule has 0 amide bonds. The van der Waals surface area contributed by atoms with Crippen molar-refractivity contribution in [1.82, 2.24) is 0 Å². The van der Waals surface area contributed by atoms with Crippen molar-refractivity contribution >= 4 is 24.0 Å². The van der Waals surface area contributed by atoms with E-state index in [1.807, 2.05) is 18.2 Å². The van der Waals surface area contributed by atoms with Gasteiger partial charge in [-0.3, -0.25) is 0 Å². The molecule has 0 unspecified atom stereocenters. The Morgan fingerprint density at radius 1 is 0.450 bits per heavy atom. The largest absolute Gasteiger partial charge is 0.508 e. The Kier molecular flexibility index (Phi) is 7.43. The lowest BCUT2D eigenvalue weighted by atomic mass is 10.1. The molecule has 0 aliphatic rings. The summed E-state index contributed by atoms with van der Waals surface area (Å²) in [6.45, 7) is 0. The van der Waals surface area contributed by atoms with Gasteiger partial charge in [0.25, 0.3) is 0 Å². The van der Waals surface area contributed by atoms with E-state index in [9.17, 15) is 0 Å². The minimum Gasteiger partial charge on any atom is -0.508 e. The van der Waals surface area contributed by atoms with Gasteiger partial charge in [-0.2, -0.15) is 0 Å². The molecule has 1 N–H and O–H groups in total. The highest BCUT2D eigenvalue weighted by Crippen LogP contribution is 2.17. The van der Waals surface area contributed by atoms with Gasteiger partial charge in [-0.25, -0.2) is 0 Å². The van der Waals surface area contributed by atoms with Gasteiger partial charge in [-0.15, -0.1) is 24.0 Å². The number of para-hydroxylation sites is 1. The monoisotopic (exact) mass is 376 g/mol. The molecule has 3 aromatic carbocycles. The van der Waals surface area contributed by atoms with Crippen molar-refractivity contribution in [2.24, 2.45) is 0 Å². The number of hydrogen-bond acceptors (Lipinski definition) is 1. The Hall–Kier alpha value is -1.81. The standard InChI is InChI=1S/C12H10.C6H6O.HI/c1-3-7-11(8-4-1)12-9-5-2-6-10-12;7-6-4-2-1-3-5-6;/h1-10H;1-5,7H;1H. The summed E-state index contributed by atoms with van der Waals surface area (Å²) in [5.41, 5.74) is 2.55. The summed E-state index contributed by atoms with van der Waals surface area (Å²) in [7, 11) is 0. The predicted octanol–water partition coefficient (Wildman–Crippen LogP) is 5.36. The van der Waals surface area contributed by atoms with Gasteiger partial charge in [0.2, 0.25) is 0 Å². The molecule has 3 rings (SSSR count). The lowest BCUT2D eigenvalue weighted by Crippen LogP contribution is -1.73. The Labute approximate surface area is 136 Å². The zero-order valence-electron chi connectivity index (χ0n) is 11.0. The molecule has 0 aliphatic carbocycles. The van der Waals surface area contributed by atoms with E-state index >= 15 is 0 Å². The SMILES string of the molecule is I.Oc1ccccc1.c1ccc(-c2ccccc2)cc1. The maximum atomic E-state index is 8.63. The Balaban J connectivity index is 0.000000216. The first kappa shape index (κ1) is 16.2. The van der Waals surface area contributed by atoms with E-state index < -0.39 is 0 Å². The van der Waals surface area contributed by atoms with Gasteiger partial charge in [0, 0.05) is 0 Å². The predicted molar refractivity (Wildman–Crippen MR) is 95.4 cm³/mol. The molecule has 2 heteroatoms. The molecule has 0 aliphatic heterocycles. The molecule has 0 spiro atoms. The molecular weight excluding hydrogens is 359 g/mol. The van der Waals surface area contributed by atoms with Gasteiger partial charge in [-0.05, 0) is 23.3 Å². The second-order valence-electron chi connectivity index (χ2n) is 4.07. The van der Waals surface area contributed by atoms with E-state index in [4.69, 9.17) is 5.11 Å². The second kappa shape index (κ2) is 9.15. The van der Waals surface area contributed by atoms with Crippen LogP contribution in [0.15, 0.2) is 91.0 Å². The number of rotatable bonds is 1. The van der Waals surface area contributed by atoms with Crippen LogP contribution in [-0.2, 0) is 0 Å². The van der Waals surface area contributed by atoms with Crippen molar-refractivity contribution in [3.8, 4) is 16.9 Å². The maximum Gasteiger partial charge on any atom is 0.115 e. The smallest absolute Gasteiger partial charge is 0.115 e. The minimum atomic E-state index is 0.